The van der Waals surface area contributed by atoms with Gasteiger partial charge in [-0.2, -0.15) is 4.37 Å². The molecule has 2 heterocycles. The number of anilines is 1. The molecule has 0 radical (unpaired) electrons. The lowest BCUT2D eigenvalue weighted by Gasteiger charge is -2.06. The van der Waals surface area contributed by atoms with E-state index in [1.807, 2.05) is 6.92 Å². The Kier molecular flexibility index (Phi) is 4.83. The van der Waals surface area contributed by atoms with Gasteiger partial charge in [0.25, 0.3) is 0 Å². The fraction of sp³-hybridized carbons (Fsp3) is 0.583. The molecule has 3 N–H and O–H groups in total. The quantitative estimate of drug-likeness (QED) is 0.751. The van der Waals surface area contributed by atoms with Crippen molar-refractivity contribution in [3.05, 3.63) is 12.0 Å². The molecule has 0 saturated carbocycles. The maximum atomic E-state index is 5.46. The highest BCUT2D eigenvalue weighted by atomic mass is 32.1. The van der Waals surface area contributed by atoms with E-state index in [2.05, 4.69) is 19.7 Å². The van der Waals surface area contributed by atoms with Gasteiger partial charge in [0.15, 0.2) is 0 Å². The minimum absolute atomic E-state index is 0.791. The molecule has 0 fully saturated rings. The zero-order valence-electron chi connectivity index (χ0n) is 10.6. The number of aryl methyl sites for hydroxylation is 1. The van der Waals surface area contributed by atoms with E-state index in [1.165, 1.54) is 24.4 Å². The van der Waals surface area contributed by atoms with E-state index in [0.717, 1.165) is 47.7 Å². The van der Waals surface area contributed by atoms with Crippen LogP contribution in [0.3, 0.4) is 0 Å². The largest absolute Gasteiger partial charge is 0.369 e. The van der Waals surface area contributed by atoms with Gasteiger partial charge in [0, 0.05) is 6.54 Å². The SMILES string of the molecule is Cc1nsc2ncnc(NCCCCCCN)c12. The van der Waals surface area contributed by atoms with Crippen molar-refractivity contribution < 1.29 is 0 Å². The highest BCUT2D eigenvalue weighted by Gasteiger charge is 2.09. The van der Waals surface area contributed by atoms with Crippen LogP contribution in [0.5, 0.6) is 0 Å². The van der Waals surface area contributed by atoms with Crippen molar-refractivity contribution >= 4 is 27.6 Å². The molecule has 0 saturated heterocycles. The van der Waals surface area contributed by atoms with Crippen LogP contribution in [0.4, 0.5) is 5.82 Å². The Balaban J connectivity index is 1.89. The molecule has 0 aliphatic carbocycles. The van der Waals surface area contributed by atoms with Crippen molar-refractivity contribution in [2.24, 2.45) is 5.73 Å². The molecule has 0 atom stereocenters. The second-order valence-corrected chi connectivity index (χ2v) is 5.05. The van der Waals surface area contributed by atoms with E-state index < -0.39 is 0 Å². The van der Waals surface area contributed by atoms with Gasteiger partial charge < -0.3 is 11.1 Å². The highest BCUT2D eigenvalue weighted by molar-refractivity contribution is 7.13. The second-order valence-electron chi connectivity index (χ2n) is 4.30. The Morgan fingerprint density at radius 1 is 1.22 bits per heavy atom. The van der Waals surface area contributed by atoms with Crippen LogP contribution in [0.2, 0.25) is 0 Å². The van der Waals surface area contributed by atoms with Crippen molar-refractivity contribution in [2.75, 3.05) is 18.4 Å². The average molecular weight is 265 g/mol. The molecule has 18 heavy (non-hydrogen) atoms. The van der Waals surface area contributed by atoms with Crippen LogP contribution in [-0.2, 0) is 0 Å². The van der Waals surface area contributed by atoms with Crippen LogP contribution >= 0.6 is 11.5 Å². The molecule has 0 aliphatic rings. The molecule has 0 amide bonds. The molecule has 0 aromatic carbocycles. The molecule has 0 unspecified atom stereocenters. The predicted octanol–water partition coefficient (Wildman–Crippen LogP) is 2.33. The summed E-state index contributed by atoms with van der Waals surface area (Å²) in [6.07, 6.45) is 6.26. The van der Waals surface area contributed by atoms with E-state index in [0.29, 0.717) is 0 Å². The number of fused-ring (bicyclic) bond motifs is 1. The van der Waals surface area contributed by atoms with E-state index in [1.54, 1.807) is 6.33 Å². The molecule has 0 spiro atoms. The normalized spacial score (nSPS) is 11.0. The highest BCUT2D eigenvalue weighted by Crippen LogP contribution is 2.25. The van der Waals surface area contributed by atoms with Crippen LogP contribution in [0, 0.1) is 6.92 Å². The number of unbranched alkanes of at least 4 members (excludes halogenated alkanes) is 3. The summed E-state index contributed by atoms with van der Waals surface area (Å²) in [4.78, 5) is 9.47. The summed E-state index contributed by atoms with van der Waals surface area (Å²) in [5, 5.41) is 4.44. The van der Waals surface area contributed by atoms with Crippen molar-refractivity contribution in [1.82, 2.24) is 14.3 Å². The predicted molar refractivity (Wildman–Crippen MR) is 76.0 cm³/mol. The standard InChI is InChI=1S/C12H19N5S/c1-9-10-11(14-7-5-3-2-4-6-13)15-8-16-12(10)18-17-9/h8H,2-7,13H2,1H3,(H,14,15,16). The maximum Gasteiger partial charge on any atom is 0.149 e. The third-order valence-corrected chi connectivity index (χ3v) is 3.71. The first-order chi connectivity index (χ1) is 8.83. The van der Waals surface area contributed by atoms with Gasteiger partial charge in [-0.15, -0.1) is 0 Å². The van der Waals surface area contributed by atoms with Crippen LogP contribution in [0.15, 0.2) is 6.33 Å². The third kappa shape index (κ3) is 3.14. The summed E-state index contributed by atoms with van der Waals surface area (Å²) >= 11 is 1.42. The molecular formula is C12H19N5S. The van der Waals surface area contributed by atoms with E-state index in [-0.39, 0.29) is 0 Å². The Bertz CT molecular complexity index is 496. The van der Waals surface area contributed by atoms with Crippen LogP contribution in [0.1, 0.15) is 31.4 Å². The van der Waals surface area contributed by atoms with Crippen molar-refractivity contribution in [3.63, 3.8) is 0 Å². The lowest BCUT2D eigenvalue weighted by Crippen LogP contribution is -2.05. The Hall–Kier alpha value is -1.27. The zero-order chi connectivity index (χ0) is 12.8. The number of aromatic nitrogens is 3. The number of nitrogens with one attached hydrogen (secondary N) is 1. The van der Waals surface area contributed by atoms with Gasteiger partial charge in [-0.1, -0.05) is 12.8 Å². The topological polar surface area (TPSA) is 76.7 Å². The molecular weight excluding hydrogens is 246 g/mol. The molecule has 98 valence electrons. The molecule has 5 nitrogen and oxygen atoms in total. The first kappa shape index (κ1) is 13.2. The zero-order valence-corrected chi connectivity index (χ0v) is 11.5. The lowest BCUT2D eigenvalue weighted by molar-refractivity contribution is 0.661. The number of nitrogens with zero attached hydrogens (tertiary/aromatic N) is 3. The van der Waals surface area contributed by atoms with Gasteiger partial charge in [-0.3, -0.25) is 0 Å². The van der Waals surface area contributed by atoms with Crippen molar-refractivity contribution in [1.29, 1.82) is 0 Å². The second kappa shape index (κ2) is 6.61. The first-order valence-corrected chi connectivity index (χ1v) is 7.11. The fourth-order valence-electron chi connectivity index (χ4n) is 1.89. The Morgan fingerprint density at radius 2 is 2.06 bits per heavy atom. The molecule has 6 heteroatoms. The third-order valence-electron chi connectivity index (χ3n) is 2.87. The van der Waals surface area contributed by atoms with E-state index in [9.17, 15) is 0 Å². The minimum atomic E-state index is 0.791. The lowest BCUT2D eigenvalue weighted by atomic mass is 10.2. The summed E-state index contributed by atoms with van der Waals surface area (Å²) in [6.45, 7) is 3.72. The summed E-state index contributed by atoms with van der Waals surface area (Å²) in [5.41, 5.74) is 6.46. The van der Waals surface area contributed by atoms with E-state index >= 15 is 0 Å². The van der Waals surface area contributed by atoms with Crippen LogP contribution in [0.25, 0.3) is 10.2 Å². The summed E-state index contributed by atoms with van der Waals surface area (Å²) in [7, 11) is 0. The smallest absolute Gasteiger partial charge is 0.149 e. The summed E-state index contributed by atoms with van der Waals surface area (Å²) in [5.74, 6) is 0.907. The van der Waals surface area contributed by atoms with Gasteiger partial charge in [0.05, 0.1) is 11.1 Å². The number of hydrogen-bond donors (Lipinski definition) is 2. The fourth-order valence-corrected chi connectivity index (χ4v) is 2.63. The molecule has 0 aliphatic heterocycles. The maximum absolute atomic E-state index is 5.46. The number of hydrogen-bond acceptors (Lipinski definition) is 6. The van der Waals surface area contributed by atoms with Gasteiger partial charge in [-0.05, 0) is 37.8 Å². The number of nitrogens with two attached hydrogens (primary N) is 1. The van der Waals surface area contributed by atoms with Crippen LogP contribution in [-0.4, -0.2) is 27.4 Å². The number of rotatable bonds is 7. The van der Waals surface area contributed by atoms with Crippen molar-refractivity contribution in [2.45, 2.75) is 32.6 Å². The summed E-state index contributed by atoms with van der Waals surface area (Å²) < 4.78 is 4.31. The Labute approximate surface area is 111 Å². The monoisotopic (exact) mass is 265 g/mol. The molecule has 2 aromatic heterocycles. The van der Waals surface area contributed by atoms with Crippen molar-refractivity contribution in [3.8, 4) is 0 Å². The van der Waals surface area contributed by atoms with Gasteiger partial charge >= 0.3 is 0 Å². The van der Waals surface area contributed by atoms with Gasteiger partial charge in [0.1, 0.15) is 17.0 Å². The molecule has 2 aromatic rings. The summed E-state index contributed by atoms with van der Waals surface area (Å²) in [6, 6.07) is 0. The molecule has 0 bridgehead atoms. The molecule has 2 rings (SSSR count). The van der Waals surface area contributed by atoms with Gasteiger partial charge in [-0.25, -0.2) is 9.97 Å². The average Bonchev–Trinajstić information content (AvgIpc) is 2.76. The Morgan fingerprint density at radius 3 is 2.89 bits per heavy atom. The van der Waals surface area contributed by atoms with E-state index in [4.69, 9.17) is 5.73 Å². The van der Waals surface area contributed by atoms with Crippen LogP contribution < -0.4 is 11.1 Å². The first-order valence-electron chi connectivity index (χ1n) is 6.34. The van der Waals surface area contributed by atoms with Gasteiger partial charge in [0.2, 0.25) is 0 Å². The minimum Gasteiger partial charge on any atom is -0.369 e.